The van der Waals surface area contributed by atoms with Gasteiger partial charge in [-0.3, -0.25) is 19.2 Å². The van der Waals surface area contributed by atoms with E-state index in [-0.39, 0.29) is 25.2 Å². The van der Waals surface area contributed by atoms with E-state index in [0.717, 1.165) is 0 Å². The molecule has 7 N–H and O–H groups in total. The Labute approximate surface area is 179 Å². The van der Waals surface area contributed by atoms with Crippen LogP contribution < -0.4 is 21.7 Å². The molecule has 0 aromatic rings. The number of hydrogen-bond acceptors (Lipinski definition) is 7. The number of amides is 3. The van der Waals surface area contributed by atoms with Gasteiger partial charge < -0.3 is 31.9 Å². The molecular weight excluding hydrogens is 416 g/mol. The molecule has 0 aromatic carbocycles. The highest BCUT2D eigenvalue weighted by molar-refractivity contribution is 7.98. The van der Waals surface area contributed by atoms with E-state index in [1.165, 1.54) is 11.8 Å². The Hall–Kier alpha value is -2.34. The van der Waals surface area contributed by atoms with Gasteiger partial charge in [-0.2, -0.15) is 11.8 Å². The molecular formula is C18H32N4O7S. The summed E-state index contributed by atoms with van der Waals surface area (Å²) in [5, 5.41) is 25.1. The predicted molar refractivity (Wildman–Crippen MR) is 112 cm³/mol. The van der Waals surface area contributed by atoms with Gasteiger partial charge in [-0.05, 0) is 30.8 Å². The summed E-state index contributed by atoms with van der Waals surface area (Å²) in [7, 11) is 0. The molecule has 30 heavy (non-hydrogen) atoms. The maximum Gasteiger partial charge on any atom is 0.326 e. The second kappa shape index (κ2) is 14.6. The number of carbonyl (C=O) groups excluding carboxylic acids is 3. The van der Waals surface area contributed by atoms with Crippen molar-refractivity contribution in [1.29, 1.82) is 0 Å². The first-order valence-corrected chi connectivity index (χ1v) is 11.0. The fraction of sp³-hybridized carbons (Fsp3) is 0.722. The van der Waals surface area contributed by atoms with Crippen LogP contribution in [0.4, 0.5) is 0 Å². The molecule has 0 rings (SSSR count). The summed E-state index contributed by atoms with van der Waals surface area (Å²) in [6.07, 6.45) is 2.25. The first kappa shape index (κ1) is 27.7. The maximum absolute atomic E-state index is 12.5. The third-order valence-corrected chi connectivity index (χ3v) is 5.11. The number of carbonyl (C=O) groups is 5. The molecule has 0 fully saturated rings. The van der Waals surface area contributed by atoms with Crippen molar-refractivity contribution in [2.75, 3.05) is 18.6 Å². The number of nitrogens with two attached hydrogens (primary N) is 1. The summed E-state index contributed by atoms with van der Waals surface area (Å²) >= 11 is 1.45. The largest absolute Gasteiger partial charge is 0.481 e. The van der Waals surface area contributed by atoms with Gasteiger partial charge in [0.15, 0.2) is 0 Å². The molecule has 4 unspecified atom stereocenters. The van der Waals surface area contributed by atoms with Crippen molar-refractivity contribution in [3.05, 3.63) is 0 Å². The number of rotatable bonds is 15. The molecule has 0 bridgehead atoms. The lowest BCUT2D eigenvalue weighted by Crippen LogP contribution is -2.55. The topological polar surface area (TPSA) is 188 Å². The number of hydrogen-bond donors (Lipinski definition) is 6. The van der Waals surface area contributed by atoms with Gasteiger partial charge in [0.05, 0.1) is 12.6 Å². The summed E-state index contributed by atoms with van der Waals surface area (Å²) < 4.78 is 0. The van der Waals surface area contributed by atoms with Gasteiger partial charge in [0.1, 0.15) is 12.1 Å². The summed E-state index contributed by atoms with van der Waals surface area (Å²) in [5.41, 5.74) is 5.67. The van der Waals surface area contributed by atoms with Gasteiger partial charge >= 0.3 is 11.9 Å². The van der Waals surface area contributed by atoms with Gasteiger partial charge in [-0.15, -0.1) is 0 Å². The Balaban J connectivity index is 4.84. The zero-order chi connectivity index (χ0) is 23.3. The number of aliphatic carboxylic acids is 2. The Kier molecular flexibility index (Phi) is 13.5. The molecule has 12 heteroatoms. The SMILES string of the molecule is CCC(C)C(NC(=O)C(N)CCC(=O)O)C(=O)NCC(=O)NC(CCSC)C(=O)O. The van der Waals surface area contributed by atoms with Crippen LogP contribution >= 0.6 is 11.8 Å². The van der Waals surface area contributed by atoms with Gasteiger partial charge in [0, 0.05) is 6.42 Å². The van der Waals surface area contributed by atoms with Gasteiger partial charge in [0.2, 0.25) is 17.7 Å². The van der Waals surface area contributed by atoms with Crippen molar-refractivity contribution in [2.45, 2.75) is 57.7 Å². The summed E-state index contributed by atoms with van der Waals surface area (Å²) in [4.78, 5) is 58.5. The van der Waals surface area contributed by atoms with E-state index in [1.807, 2.05) is 13.2 Å². The lowest BCUT2D eigenvalue weighted by Gasteiger charge is -2.25. The van der Waals surface area contributed by atoms with Crippen molar-refractivity contribution in [3.63, 3.8) is 0 Å². The van der Waals surface area contributed by atoms with E-state index in [0.29, 0.717) is 12.2 Å². The molecule has 172 valence electrons. The number of nitrogens with one attached hydrogen (secondary N) is 3. The molecule has 0 spiro atoms. The van der Waals surface area contributed by atoms with Gasteiger partial charge in [-0.1, -0.05) is 20.3 Å². The molecule has 0 aliphatic carbocycles. The number of thioether (sulfide) groups is 1. The van der Waals surface area contributed by atoms with Crippen LogP contribution in [0.5, 0.6) is 0 Å². The molecule has 4 atom stereocenters. The minimum absolute atomic E-state index is 0.0783. The third-order valence-electron chi connectivity index (χ3n) is 4.47. The van der Waals surface area contributed by atoms with Crippen molar-refractivity contribution >= 4 is 41.4 Å². The maximum atomic E-state index is 12.5. The Bertz CT molecular complexity index is 617. The zero-order valence-corrected chi connectivity index (χ0v) is 18.3. The first-order chi connectivity index (χ1) is 14.0. The number of carboxylic acids is 2. The summed E-state index contributed by atoms with van der Waals surface area (Å²) in [5.74, 6) is -3.92. The highest BCUT2D eigenvalue weighted by Crippen LogP contribution is 2.09. The average molecular weight is 449 g/mol. The molecule has 3 amide bonds. The van der Waals surface area contributed by atoms with Crippen molar-refractivity contribution in [3.8, 4) is 0 Å². The molecule has 0 heterocycles. The lowest BCUT2D eigenvalue weighted by atomic mass is 9.97. The first-order valence-electron chi connectivity index (χ1n) is 9.59. The summed E-state index contributed by atoms with van der Waals surface area (Å²) in [6.45, 7) is 3.10. The third kappa shape index (κ3) is 11.0. The molecule has 11 nitrogen and oxygen atoms in total. The molecule has 0 aromatic heterocycles. The van der Waals surface area contributed by atoms with Crippen LogP contribution in [-0.2, 0) is 24.0 Å². The standard InChI is InChI=1S/C18H32N4O7S/c1-4-10(2)15(22-16(26)11(19)5-6-14(24)25)17(27)20-9-13(23)21-12(18(28)29)7-8-30-3/h10-12,15H,4-9,19H2,1-3H3,(H,20,27)(H,21,23)(H,22,26)(H,24,25)(H,28,29). The van der Waals surface area contributed by atoms with Crippen LogP contribution in [0.15, 0.2) is 0 Å². The van der Waals surface area contributed by atoms with Crippen LogP contribution in [0.25, 0.3) is 0 Å². The van der Waals surface area contributed by atoms with E-state index in [2.05, 4.69) is 16.0 Å². The molecule has 0 aliphatic rings. The quantitative estimate of drug-likeness (QED) is 0.185. The van der Waals surface area contributed by atoms with Crippen molar-refractivity contribution in [1.82, 2.24) is 16.0 Å². The van der Waals surface area contributed by atoms with Gasteiger partial charge in [-0.25, -0.2) is 4.79 Å². The second-order valence-electron chi connectivity index (χ2n) is 6.87. The highest BCUT2D eigenvalue weighted by atomic mass is 32.2. The molecule has 0 radical (unpaired) electrons. The molecule has 0 saturated carbocycles. The zero-order valence-electron chi connectivity index (χ0n) is 17.5. The Morgan fingerprint density at radius 1 is 1.03 bits per heavy atom. The van der Waals surface area contributed by atoms with E-state index in [9.17, 15) is 24.0 Å². The molecule has 0 aliphatic heterocycles. The predicted octanol–water partition coefficient (Wildman–Crippen LogP) is -0.852. The van der Waals surface area contributed by atoms with Crippen LogP contribution in [-0.4, -0.2) is 76.6 Å². The van der Waals surface area contributed by atoms with Crippen LogP contribution in [0, 0.1) is 5.92 Å². The molecule has 0 saturated heterocycles. The Morgan fingerprint density at radius 2 is 1.67 bits per heavy atom. The van der Waals surface area contributed by atoms with E-state index in [1.54, 1.807) is 6.92 Å². The van der Waals surface area contributed by atoms with E-state index in [4.69, 9.17) is 15.9 Å². The summed E-state index contributed by atoms with van der Waals surface area (Å²) in [6, 6.07) is -3.12. The average Bonchev–Trinajstić information content (AvgIpc) is 2.70. The van der Waals surface area contributed by atoms with Crippen molar-refractivity contribution < 1.29 is 34.2 Å². The smallest absolute Gasteiger partial charge is 0.326 e. The monoisotopic (exact) mass is 448 g/mol. The normalized spacial score (nSPS) is 14.7. The van der Waals surface area contributed by atoms with Crippen molar-refractivity contribution in [2.24, 2.45) is 11.7 Å². The van der Waals surface area contributed by atoms with E-state index < -0.39 is 54.3 Å². The minimum atomic E-state index is -1.16. The lowest BCUT2D eigenvalue weighted by molar-refractivity contribution is -0.142. The van der Waals surface area contributed by atoms with Crippen LogP contribution in [0.2, 0.25) is 0 Å². The van der Waals surface area contributed by atoms with E-state index >= 15 is 0 Å². The Morgan fingerprint density at radius 3 is 2.17 bits per heavy atom. The second-order valence-corrected chi connectivity index (χ2v) is 7.85. The van der Waals surface area contributed by atoms with Crippen LogP contribution in [0.3, 0.4) is 0 Å². The van der Waals surface area contributed by atoms with Gasteiger partial charge in [0.25, 0.3) is 0 Å². The highest BCUT2D eigenvalue weighted by Gasteiger charge is 2.28. The number of carboxylic acid groups (broad SMARTS) is 2. The minimum Gasteiger partial charge on any atom is -0.481 e. The fourth-order valence-corrected chi connectivity index (χ4v) is 2.86. The fourth-order valence-electron chi connectivity index (χ4n) is 2.39. The van der Waals surface area contributed by atoms with Crippen LogP contribution in [0.1, 0.15) is 39.5 Å².